The van der Waals surface area contributed by atoms with Crippen molar-refractivity contribution >= 4 is 12.0 Å². The number of benzene rings is 7. The highest BCUT2D eigenvalue weighted by Gasteiger charge is 2.56. The summed E-state index contributed by atoms with van der Waals surface area (Å²) in [7, 11) is 0. The number of hydrogen-bond donors (Lipinski definition) is 2. The summed E-state index contributed by atoms with van der Waals surface area (Å²) in [4.78, 5) is 30.0. The highest BCUT2D eigenvalue weighted by molar-refractivity contribution is 5.95. The molecule has 2 amide bonds. The van der Waals surface area contributed by atoms with Crippen LogP contribution in [-0.2, 0) is 98.4 Å². The monoisotopic (exact) mass is 1090 g/mol. The Balaban J connectivity index is 1.08. The topological polar surface area (TPSA) is 150 Å². The van der Waals surface area contributed by atoms with Crippen LogP contribution in [-0.4, -0.2) is 92.8 Å². The van der Waals surface area contributed by atoms with E-state index >= 15 is 4.79 Å². The highest BCUT2D eigenvalue weighted by Crippen LogP contribution is 2.39. The van der Waals surface area contributed by atoms with Gasteiger partial charge in [-0.15, -0.1) is 0 Å². The lowest BCUT2D eigenvalue weighted by Crippen LogP contribution is -2.68. The van der Waals surface area contributed by atoms with Crippen LogP contribution in [0.2, 0.25) is 0 Å². The van der Waals surface area contributed by atoms with E-state index in [-0.39, 0.29) is 70.7 Å². The molecule has 420 valence electrons. The SMILES string of the molecule is CCOC(=O)C1=C([C@@H]2O[C@H](COCc3ccccc3)[C@@H](OCc3ccccc3)[C@H]2OCc2ccccc2)NC(=O)NC1[C@@H]1O[C@H](COCc2ccccc2)[C@H](OCc2ccccc2)[C@H](OCc2ccccc2)[C@H]1OCc1ccccc1. The smallest absolute Gasteiger partial charge is 0.338 e. The van der Waals surface area contributed by atoms with Crippen molar-refractivity contribution in [1.82, 2.24) is 10.6 Å². The molecule has 1 unspecified atom stereocenters. The second kappa shape index (κ2) is 29.4. The number of amides is 2. The number of carbonyl (C=O) groups excluding carboxylic acids is 2. The fourth-order valence-corrected chi connectivity index (χ4v) is 10.5. The van der Waals surface area contributed by atoms with Gasteiger partial charge in [0.2, 0.25) is 0 Å². The van der Waals surface area contributed by atoms with Crippen LogP contribution in [0.25, 0.3) is 0 Å². The molecular weight excluding hydrogens is 1020 g/mol. The molecule has 0 aliphatic carbocycles. The first-order valence-electron chi connectivity index (χ1n) is 27.8. The number of hydrogen-bond acceptors (Lipinski definition) is 12. The van der Waals surface area contributed by atoms with Crippen LogP contribution in [0, 0.1) is 0 Å². The van der Waals surface area contributed by atoms with Crippen LogP contribution < -0.4 is 10.6 Å². The molecule has 0 saturated carbocycles. The van der Waals surface area contributed by atoms with Crippen LogP contribution in [0.4, 0.5) is 4.79 Å². The molecule has 2 N–H and O–H groups in total. The highest BCUT2D eigenvalue weighted by atomic mass is 16.6. The number of nitrogens with one attached hydrogen (secondary N) is 2. The molecule has 14 heteroatoms. The average molecular weight is 1100 g/mol. The molecule has 2 fully saturated rings. The van der Waals surface area contributed by atoms with Gasteiger partial charge in [-0.2, -0.15) is 0 Å². The van der Waals surface area contributed by atoms with Crippen LogP contribution in [0.5, 0.6) is 0 Å². The Morgan fingerprint density at radius 2 is 0.753 bits per heavy atom. The fourth-order valence-electron chi connectivity index (χ4n) is 10.5. The first kappa shape index (κ1) is 56.9. The van der Waals surface area contributed by atoms with Gasteiger partial charge in [0, 0.05) is 0 Å². The third kappa shape index (κ3) is 15.6. The van der Waals surface area contributed by atoms with E-state index in [0.717, 1.165) is 38.9 Å². The predicted molar refractivity (Wildman–Crippen MR) is 304 cm³/mol. The molecule has 0 bridgehead atoms. The van der Waals surface area contributed by atoms with E-state index in [0.29, 0.717) is 6.61 Å². The van der Waals surface area contributed by atoms with Crippen molar-refractivity contribution in [1.29, 1.82) is 0 Å². The van der Waals surface area contributed by atoms with Gasteiger partial charge in [-0.05, 0) is 45.9 Å². The van der Waals surface area contributed by atoms with Gasteiger partial charge in [0.15, 0.2) is 0 Å². The second-order valence-electron chi connectivity index (χ2n) is 20.2. The van der Waals surface area contributed by atoms with Gasteiger partial charge in [0.25, 0.3) is 0 Å². The maximum atomic E-state index is 15.2. The Bertz CT molecular complexity index is 3020. The third-order valence-corrected chi connectivity index (χ3v) is 14.4. The standard InChI is InChI=1S/C67H70N2O12/c1-2-74-66(70)56-57(61-63(77-42-51-32-18-7-19-33-51)59(75-40-49-28-14-5-15-29-49)54(80-61)45-72-38-47-24-10-3-11-25-47)68-67(71)69-58(56)62-65(79-44-53-36-22-9-23-37-53)64(78-43-52-34-20-8-21-35-52)60(76-41-50-30-16-6-17-31-50)55(81-62)46-73-39-48-26-12-4-13-27-48/h3-37,54-55,58-65H,2,38-46H2,1H3,(H2,68,69,71)/t54-,55-,58?,59-,60+,61+,62+,63-,64+,65+/m1/s1. The van der Waals surface area contributed by atoms with Crippen molar-refractivity contribution in [2.24, 2.45) is 0 Å². The fraction of sp³-hybridized carbons (Fsp3) is 0.313. The van der Waals surface area contributed by atoms with Crippen molar-refractivity contribution in [3.8, 4) is 0 Å². The Morgan fingerprint density at radius 1 is 0.420 bits per heavy atom. The molecule has 7 aromatic rings. The number of esters is 1. The molecule has 0 spiro atoms. The normalized spacial score (nSPS) is 23.6. The van der Waals surface area contributed by atoms with E-state index < -0.39 is 73.0 Å². The Hall–Kier alpha value is -7.34. The van der Waals surface area contributed by atoms with Crippen LogP contribution in [0.15, 0.2) is 224 Å². The van der Waals surface area contributed by atoms with Crippen LogP contribution in [0.1, 0.15) is 45.9 Å². The minimum Gasteiger partial charge on any atom is -0.463 e. The van der Waals surface area contributed by atoms with Gasteiger partial charge in [0.1, 0.15) is 54.9 Å². The summed E-state index contributed by atoms with van der Waals surface area (Å²) in [5.74, 6) is -0.715. The van der Waals surface area contributed by atoms with Gasteiger partial charge in [-0.1, -0.05) is 212 Å². The minimum atomic E-state index is -1.24. The van der Waals surface area contributed by atoms with E-state index in [1.807, 2.05) is 212 Å². The van der Waals surface area contributed by atoms with Gasteiger partial charge in [0.05, 0.1) is 83.4 Å². The zero-order chi connectivity index (χ0) is 55.4. The van der Waals surface area contributed by atoms with E-state index in [1.54, 1.807) is 6.92 Å². The van der Waals surface area contributed by atoms with Crippen molar-refractivity contribution in [2.75, 3.05) is 19.8 Å². The molecule has 81 heavy (non-hydrogen) atoms. The quantitative estimate of drug-likeness (QED) is 0.0472. The summed E-state index contributed by atoms with van der Waals surface area (Å²) < 4.78 is 68.5. The first-order valence-corrected chi connectivity index (χ1v) is 27.8. The molecule has 2 saturated heterocycles. The lowest BCUT2D eigenvalue weighted by atomic mass is 9.85. The maximum absolute atomic E-state index is 15.2. The summed E-state index contributed by atoms with van der Waals surface area (Å²) in [6, 6.07) is 67.0. The molecule has 0 aromatic heterocycles. The van der Waals surface area contributed by atoms with Gasteiger partial charge >= 0.3 is 12.0 Å². The lowest BCUT2D eigenvalue weighted by molar-refractivity contribution is -0.275. The number of urea groups is 1. The third-order valence-electron chi connectivity index (χ3n) is 14.4. The average Bonchev–Trinajstić information content (AvgIpc) is 3.92. The summed E-state index contributed by atoms with van der Waals surface area (Å²) in [5, 5.41) is 6.15. The predicted octanol–water partition coefficient (Wildman–Crippen LogP) is 10.4. The molecule has 14 nitrogen and oxygen atoms in total. The molecule has 3 aliphatic rings. The maximum Gasteiger partial charge on any atom is 0.338 e. The van der Waals surface area contributed by atoms with Gasteiger partial charge in [-0.25, -0.2) is 9.59 Å². The lowest BCUT2D eigenvalue weighted by Gasteiger charge is -2.49. The van der Waals surface area contributed by atoms with Crippen molar-refractivity contribution < 1.29 is 57.0 Å². The molecule has 3 aliphatic heterocycles. The Labute approximate surface area is 474 Å². The van der Waals surface area contributed by atoms with Crippen LogP contribution in [0.3, 0.4) is 0 Å². The van der Waals surface area contributed by atoms with E-state index in [9.17, 15) is 4.79 Å². The zero-order valence-electron chi connectivity index (χ0n) is 45.5. The minimum absolute atomic E-state index is 0.0160. The zero-order valence-corrected chi connectivity index (χ0v) is 45.5. The van der Waals surface area contributed by atoms with E-state index in [1.165, 1.54) is 0 Å². The van der Waals surface area contributed by atoms with E-state index in [2.05, 4.69) is 10.6 Å². The summed E-state index contributed by atoms with van der Waals surface area (Å²) in [6.07, 6.45) is -8.22. The van der Waals surface area contributed by atoms with E-state index in [4.69, 9.17) is 47.4 Å². The summed E-state index contributed by atoms with van der Waals surface area (Å²) in [5.41, 5.74) is 6.68. The van der Waals surface area contributed by atoms with Gasteiger partial charge in [-0.3, -0.25) is 0 Å². The molecule has 0 radical (unpaired) electrons. The molecule has 3 heterocycles. The Kier molecular flexibility index (Phi) is 20.7. The number of rotatable bonds is 27. The molecule has 7 aromatic carbocycles. The number of ether oxygens (including phenoxy) is 10. The van der Waals surface area contributed by atoms with Crippen molar-refractivity contribution in [2.45, 2.75) is 114 Å². The second-order valence-corrected chi connectivity index (χ2v) is 20.2. The number of carbonyl (C=O) groups is 2. The summed E-state index contributed by atoms with van der Waals surface area (Å²) >= 11 is 0. The Morgan fingerprint density at radius 3 is 1.15 bits per heavy atom. The molecular formula is C67H70N2O12. The van der Waals surface area contributed by atoms with Gasteiger partial charge < -0.3 is 58.0 Å². The summed E-state index contributed by atoms with van der Waals surface area (Å²) in [6.45, 7) is 3.32. The first-order chi connectivity index (χ1) is 40.0. The molecule has 10 rings (SSSR count). The van der Waals surface area contributed by atoms with Crippen molar-refractivity contribution in [3.63, 3.8) is 0 Å². The molecule has 10 atom stereocenters. The van der Waals surface area contributed by atoms with Crippen LogP contribution >= 0.6 is 0 Å². The van der Waals surface area contributed by atoms with Crippen molar-refractivity contribution in [3.05, 3.63) is 263 Å². The largest absolute Gasteiger partial charge is 0.463 e.